The average molecular weight is 205 g/mol. The Morgan fingerprint density at radius 3 is 2.67 bits per heavy atom. The molecule has 0 saturated carbocycles. The number of methoxy groups -OCH3 is 2. The third-order valence-electron chi connectivity index (χ3n) is 2.59. The van der Waals surface area contributed by atoms with Gasteiger partial charge in [-0.3, -0.25) is 4.99 Å². The van der Waals surface area contributed by atoms with Crippen LogP contribution in [0.1, 0.15) is 18.4 Å². The summed E-state index contributed by atoms with van der Waals surface area (Å²) in [6, 6.07) is 5.82. The van der Waals surface area contributed by atoms with E-state index < -0.39 is 0 Å². The monoisotopic (exact) mass is 205 g/mol. The van der Waals surface area contributed by atoms with E-state index in [1.165, 1.54) is 0 Å². The highest BCUT2D eigenvalue weighted by Gasteiger charge is 2.14. The summed E-state index contributed by atoms with van der Waals surface area (Å²) >= 11 is 0. The van der Waals surface area contributed by atoms with Gasteiger partial charge in [0.2, 0.25) is 0 Å². The summed E-state index contributed by atoms with van der Waals surface area (Å²) < 4.78 is 10.5. The number of rotatable bonds is 3. The van der Waals surface area contributed by atoms with Gasteiger partial charge in [0, 0.05) is 17.8 Å². The first kappa shape index (κ1) is 10.0. The minimum atomic E-state index is 0.848. The van der Waals surface area contributed by atoms with Gasteiger partial charge in [0.05, 0.1) is 14.2 Å². The first-order chi connectivity index (χ1) is 7.35. The molecule has 0 radical (unpaired) electrons. The second kappa shape index (κ2) is 4.34. The van der Waals surface area contributed by atoms with Crippen LogP contribution >= 0.6 is 0 Å². The van der Waals surface area contributed by atoms with Gasteiger partial charge < -0.3 is 9.47 Å². The molecule has 80 valence electrons. The van der Waals surface area contributed by atoms with Crippen LogP contribution in [-0.4, -0.2) is 26.5 Å². The Morgan fingerprint density at radius 2 is 2.07 bits per heavy atom. The van der Waals surface area contributed by atoms with Crippen molar-refractivity contribution in [2.75, 3.05) is 20.8 Å². The van der Waals surface area contributed by atoms with Gasteiger partial charge in [-0.1, -0.05) is 0 Å². The van der Waals surface area contributed by atoms with Gasteiger partial charge >= 0.3 is 0 Å². The maximum Gasteiger partial charge on any atom is 0.128 e. The Balaban J connectivity index is 2.41. The quantitative estimate of drug-likeness (QED) is 0.758. The Kier molecular flexibility index (Phi) is 2.90. The van der Waals surface area contributed by atoms with Crippen LogP contribution in [0.2, 0.25) is 0 Å². The van der Waals surface area contributed by atoms with Gasteiger partial charge in [-0.25, -0.2) is 0 Å². The fourth-order valence-electron chi connectivity index (χ4n) is 1.80. The number of hydrogen-bond donors (Lipinski definition) is 0. The Bertz CT molecular complexity index is 385. The van der Waals surface area contributed by atoms with Crippen LogP contribution < -0.4 is 9.47 Å². The second-order valence-electron chi connectivity index (χ2n) is 3.50. The van der Waals surface area contributed by atoms with Crippen molar-refractivity contribution in [1.82, 2.24) is 0 Å². The lowest BCUT2D eigenvalue weighted by Gasteiger charge is -2.10. The molecule has 1 aliphatic rings. The Morgan fingerprint density at radius 1 is 1.20 bits per heavy atom. The van der Waals surface area contributed by atoms with Crippen LogP contribution in [0, 0.1) is 0 Å². The molecule has 0 amide bonds. The molecule has 1 aromatic carbocycles. The first-order valence-electron chi connectivity index (χ1n) is 5.11. The van der Waals surface area contributed by atoms with Gasteiger partial charge in [-0.15, -0.1) is 0 Å². The maximum absolute atomic E-state index is 5.32. The predicted octanol–water partition coefficient (Wildman–Crippen LogP) is 2.29. The van der Waals surface area contributed by atoms with Crippen LogP contribution in [-0.2, 0) is 0 Å². The lowest BCUT2D eigenvalue weighted by atomic mass is 10.1. The van der Waals surface area contributed by atoms with Gasteiger partial charge in [0.25, 0.3) is 0 Å². The van der Waals surface area contributed by atoms with Crippen molar-refractivity contribution in [2.45, 2.75) is 12.8 Å². The molecule has 3 nitrogen and oxygen atoms in total. The molecule has 15 heavy (non-hydrogen) atoms. The molecular weight excluding hydrogens is 190 g/mol. The van der Waals surface area contributed by atoms with Gasteiger partial charge in [0.1, 0.15) is 11.5 Å². The van der Waals surface area contributed by atoms with E-state index in [0.29, 0.717) is 0 Å². The standard InChI is InChI=1S/C12H15NO2/c1-14-9-5-6-12(15-2)10(8-9)11-4-3-7-13-11/h5-6,8H,3-4,7H2,1-2H3. The van der Waals surface area contributed by atoms with E-state index in [-0.39, 0.29) is 0 Å². The Hall–Kier alpha value is -1.51. The van der Waals surface area contributed by atoms with Crippen LogP contribution in [0.5, 0.6) is 11.5 Å². The molecule has 1 aliphatic heterocycles. The molecule has 0 saturated heterocycles. The smallest absolute Gasteiger partial charge is 0.128 e. The number of ether oxygens (including phenoxy) is 2. The highest BCUT2D eigenvalue weighted by molar-refractivity contribution is 6.04. The van der Waals surface area contributed by atoms with E-state index in [0.717, 1.165) is 42.2 Å². The molecule has 0 atom stereocenters. The van der Waals surface area contributed by atoms with Gasteiger partial charge in [-0.05, 0) is 31.0 Å². The third-order valence-corrected chi connectivity index (χ3v) is 2.59. The van der Waals surface area contributed by atoms with Crippen molar-refractivity contribution in [3.8, 4) is 11.5 Å². The van der Waals surface area contributed by atoms with Crippen LogP contribution in [0.3, 0.4) is 0 Å². The predicted molar refractivity (Wildman–Crippen MR) is 60.2 cm³/mol. The zero-order valence-corrected chi connectivity index (χ0v) is 9.12. The van der Waals surface area contributed by atoms with Crippen molar-refractivity contribution in [2.24, 2.45) is 4.99 Å². The molecule has 0 fully saturated rings. The fraction of sp³-hybridized carbons (Fsp3) is 0.417. The Labute approximate surface area is 89.7 Å². The maximum atomic E-state index is 5.32. The zero-order chi connectivity index (χ0) is 10.7. The van der Waals surface area contributed by atoms with Crippen molar-refractivity contribution < 1.29 is 9.47 Å². The molecule has 0 bridgehead atoms. The molecule has 0 N–H and O–H groups in total. The number of aliphatic imine (C=N–C) groups is 1. The second-order valence-corrected chi connectivity index (χ2v) is 3.50. The van der Waals surface area contributed by atoms with E-state index in [1.54, 1.807) is 14.2 Å². The molecule has 3 heteroatoms. The fourth-order valence-corrected chi connectivity index (χ4v) is 1.80. The van der Waals surface area contributed by atoms with Crippen LogP contribution in [0.4, 0.5) is 0 Å². The van der Waals surface area contributed by atoms with E-state index in [2.05, 4.69) is 4.99 Å². The SMILES string of the molecule is COc1ccc(OC)c(C2=NCCC2)c1. The molecule has 0 aliphatic carbocycles. The van der Waals surface area contributed by atoms with Gasteiger partial charge in [-0.2, -0.15) is 0 Å². The first-order valence-corrected chi connectivity index (χ1v) is 5.11. The molecule has 0 unspecified atom stereocenters. The molecule has 1 aromatic rings. The number of benzene rings is 1. The van der Waals surface area contributed by atoms with Gasteiger partial charge in [0.15, 0.2) is 0 Å². The van der Waals surface area contributed by atoms with E-state index >= 15 is 0 Å². The number of hydrogen-bond acceptors (Lipinski definition) is 3. The lowest BCUT2D eigenvalue weighted by Crippen LogP contribution is -2.00. The topological polar surface area (TPSA) is 30.8 Å². The number of nitrogens with zero attached hydrogens (tertiary/aromatic N) is 1. The largest absolute Gasteiger partial charge is 0.497 e. The van der Waals surface area contributed by atoms with E-state index in [1.807, 2.05) is 18.2 Å². The summed E-state index contributed by atoms with van der Waals surface area (Å²) in [5.41, 5.74) is 2.19. The van der Waals surface area contributed by atoms with Crippen LogP contribution in [0.15, 0.2) is 23.2 Å². The summed E-state index contributed by atoms with van der Waals surface area (Å²) in [5.74, 6) is 1.72. The van der Waals surface area contributed by atoms with E-state index in [9.17, 15) is 0 Å². The summed E-state index contributed by atoms with van der Waals surface area (Å²) in [7, 11) is 3.35. The van der Waals surface area contributed by atoms with Crippen molar-refractivity contribution in [3.05, 3.63) is 23.8 Å². The highest BCUT2D eigenvalue weighted by Crippen LogP contribution is 2.27. The summed E-state index contributed by atoms with van der Waals surface area (Å²) in [6.07, 6.45) is 2.17. The molecule has 1 heterocycles. The highest BCUT2D eigenvalue weighted by atomic mass is 16.5. The van der Waals surface area contributed by atoms with E-state index in [4.69, 9.17) is 9.47 Å². The zero-order valence-electron chi connectivity index (χ0n) is 9.12. The summed E-state index contributed by atoms with van der Waals surface area (Å²) in [6.45, 7) is 0.926. The molecule has 0 aromatic heterocycles. The third kappa shape index (κ3) is 1.96. The van der Waals surface area contributed by atoms with Crippen molar-refractivity contribution >= 4 is 5.71 Å². The minimum Gasteiger partial charge on any atom is -0.497 e. The lowest BCUT2D eigenvalue weighted by molar-refractivity contribution is 0.402. The molecular formula is C12H15NO2. The summed E-state index contributed by atoms with van der Waals surface area (Å²) in [4.78, 5) is 4.47. The van der Waals surface area contributed by atoms with Crippen LogP contribution in [0.25, 0.3) is 0 Å². The minimum absolute atomic E-state index is 0.848. The average Bonchev–Trinajstić information content (AvgIpc) is 2.81. The molecule has 0 spiro atoms. The van der Waals surface area contributed by atoms with Crippen molar-refractivity contribution in [3.63, 3.8) is 0 Å². The van der Waals surface area contributed by atoms with Crippen molar-refractivity contribution in [1.29, 1.82) is 0 Å². The normalized spacial score (nSPS) is 14.9. The summed E-state index contributed by atoms with van der Waals surface area (Å²) in [5, 5.41) is 0. The molecule has 2 rings (SSSR count).